The SMILES string of the molecule is COc1cc(C=CC(=O)N(CC#N)CC#N)ccc1OCc1c(C)noc1C. The van der Waals surface area contributed by atoms with E-state index in [1.54, 1.807) is 24.3 Å². The molecule has 28 heavy (non-hydrogen) atoms. The molecule has 2 rings (SSSR count). The van der Waals surface area contributed by atoms with Gasteiger partial charge in [-0.1, -0.05) is 11.2 Å². The average molecular weight is 380 g/mol. The number of nitrogens with zero attached hydrogens (tertiary/aromatic N) is 4. The topological polar surface area (TPSA) is 112 Å². The predicted molar refractivity (Wildman–Crippen MR) is 100 cm³/mol. The van der Waals surface area contributed by atoms with Crippen LogP contribution >= 0.6 is 0 Å². The van der Waals surface area contributed by atoms with Gasteiger partial charge in [0.1, 0.15) is 25.5 Å². The Morgan fingerprint density at radius 3 is 2.54 bits per heavy atom. The van der Waals surface area contributed by atoms with Gasteiger partial charge in [0.25, 0.3) is 0 Å². The number of amides is 1. The van der Waals surface area contributed by atoms with Crippen molar-refractivity contribution in [1.29, 1.82) is 10.5 Å². The molecule has 0 spiro atoms. The summed E-state index contributed by atoms with van der Waals surface area (Å²) >= 11 is 0. The number of carbonyl (C=O) groups excluding carboxylic acids is 1. The molecular formula is C20H20N4O4. The average Bonchev–Trinajstić information content (AvgIpc) is 3.02. The van der Waals surface area contributed by atoms with Gasteiger partial charge in [-0.3, -0.25) is 4.79 Å². The lowest BCUT2D eigenvalue weighted by atomic mass is 10.1. The van der Waals surface area contributed by atoms with Crippen molar-refractivity contribution in [2.45, 2.75) is 20.5 Å². The van der Waals surface area contributed by atoms with Crippen molar-refractivity contribution < 1.29 is 18.8 Å². The van der Waals surface area contributed by atoms with Gasteiger partial charge in [-0.25, -0.2) is 0 Å². The van der Waals surface area contributed by atoms with E-state index in [9.17, 15) is 4.79 Å². The van der Waals surface area contributed by atoms with Gasteiger partial charge >= 0.3 is 0 Å². The molecule has 144 valence electrons. The summed E-state index contributed by atoms with van der Waals surface area (Å²) in [7, 11) is 1.53. The van der Waals surface area contributed by atoms with Gasteiger partial charge in [0, 0.05) is 6.08 Å². The molecule has 1 aromatic carbocycles. The molecule has 1 aromatic heterocycles. The quantitative estimate of drug-likeness (QED) is 0.511. The van der Waals surface area contributed by atoms with Crippen LogP contribution in [0.3, 0.4) is 0 Å². The van der Waals surface area contributed by atoms with Crippen molar-refractivity contribution in [1.82, 2.24) is 10.1 Å². The molecule has 8 nitrogen and oxygen atoms in total. The highest BCUT2D eigenvalue weighted by Gasteiger charge is 2.12. The zero-order chi connectivity index (χ0) is 20.5. The summed E-state index contributed by atoms with van der Waals surface area (Å²) < 4.78 is 16.3. The number of carbonyl (C=O) groups is 1. The molecule has 0 aliphatic rings. The fourth-order valence-corrected chi connectivity index (χ4v) is 2.42. The summed E-state index contributed by atoms with van der Waals surface area (Å²) in [5.41, 5.74) is 2.37. The third kappa shape index (κ3) is 5.12. The highest BCUT2D eigenvalue weighted by atomic mass is 16.5. The smallest absolute Gasteiger partial charge is 0.248 e. The molecule has 0 aliphatic carbocycles. The molecule has 0 radical (unpaired) electrons. The molecule has 0 saturated heterocycles. The van der Waals surface area contributed by atoms with Gasteiger partial charge in [-0.15, -0.1) is 0 Å². The van der Waals surface area contributed by atoms with E-state index in [0.29, 0.717) is 29.4 Å². The largest absolute Gasteiger partial charge is 0.493 e. The van der Waals surface area contributed by atoms with E-state index in [-0.39, 0.29) is 13.1 Å². The molecule has 0 unspecified atom stereocenters. The van der Waals surface area contributed by atoms with Crippen molar-refractivity contribution in [2.24, 2.45) is 0 Å². The lowest BCUT2D eigenvalue weighted by Crippen LogP contribution is -2.30. The van der Waals surface area contributed by atoms with Crippen LogP contribution in [0.25, 0.3) is 6.08 Å². The number of aryl methyl sites for hydroxylation is 2. The van der Waals surface area contributed by atoms with Crippen LogP contribution in [0.1, 0.15) is 22.6 Å². The summed E-state index contributed by atoms with van der Waals surface area (Å²) in [6, 6.07) is 8.97. The van der Waals surface area contributed by atoms with Crippen molar-refractivity contribution in [3.63, 3.8) is 0 Å². The second kappa shape index (κ2) is 9.79. The Balaban J connectivity index is 2.11. The van der Waals surface area contributed by atoms with Gasteiger partial charge < -0.3 is 18.9 Å². The van der Waals surface area contributed by atoms with Crippen LogP contribution in [0.15, 0.2) is 28.8 Å². The van der Waals surface area contributed by atoms with E-state index in [2.05, 4.69) is 5.16 Å². The Hall–Kier alpha value is -3.78. The maximum Gasteiger partial charge on any atom is 0.248 e. The van der Waals surface area contributed by atoms with E-state index in [0.717, 1.165) is 16.2 Å². The van der Waals surface area contributed by atoms with Gasteiger partial charge in [-0.05, 0) is 37.6 Å². The highest BCUT2D eigenvalue weighted by molar-refractivity contribution is 5.92. The first-order valence-electron chi connectivity index (χ1n) is 8.43. The molecule has 0 fully saturated rings. The van der Waals surface area contributed by atoms with E-state index < -0.39 is 5.91 Å². The van der Waals surface area contributed by atoms with Crippen LogP contribution in [-0.4, -0.2) is 36.2 Å². The maximum atomic E-state index is 12.1. The van der Waals surface area contributed by atoms with Gasteiger partial charge in [0.2, 0.25) is 5.91 Å². The number of ether oxygens (including phenoxy) is 2. The molecule has 0 atom stereocenters. The lowest BCUT2D eigenvalue weighted by Gasteiger charge is -2.13. The normalized spacial score (nSPS) is 10.3. The molecule has 0 bridgehead atoms. The molecule has 0 N–H and O–H groups in total. The van der Waals surface area contributed by atoms with E-state index in [1.807, 2.05) is 26.0 Å². The maximum absolute atomic E-state index is 12.1. The van der Waals surface area contributed by atoms with E-state index in [1.165, 1.54) is 13.2 Å². The van der Waals surface area contributed by atoms with Crippen LogP contribution in [0, 0.1) is 36.5 Å². The van der Waals surface area contributed by atoms with E-state index in [4.69, 9.17) is 24.5 Å². The van der Waals surface area contributed by atoms with Gasteiger partial charge in [-0.2, -0.15) is 10.5 Å². The minimum absolute atomic E-state index is 0.144. The molecule has 0 saturated carbocycles. The number of rotatable bonds is 8. The second-order valence-corrected chi connectivity index (χ2v) is 5.85. The summed E-state index contributed by atoms with van der Waals surface area (Å²) in [4.78, 5) is 13.2. The summed E-state index contributed by atoms with van der Waals surface area (Å²) in [5, 5.41) is 21.4. The van der Waals surface area contributed by atoms with Crippen molar-refractivity contribution >= 4 is 12.0 Å². The van der Waals surface area contributed by atoms with Crippen molar-refractivity contribution in [2.75, 3.05) is 20.2 Å². The summed E-state index contributed by atoms with van der Waals surface area (Å²) in [5.74, 6) is 1.34. The first kappa shape index (κ1) is 20.5. The standard InChI is InChI=1S/C20H20N4O4/c1-14-17(15(2)28-23-14)13-27-18-6-4-16(12-19(18)26-3)5-7-20(25)24(10-8-21)11-9-22/h4-7,12H,10-11,13H2,1-3H3. The Kier molecular flexibility index (Phi) is 7.18. The zero-order valence-corrected chi connectivity index (χ0v) is 15.9. The minimum atomic E-state index is -0.416. The number of nitriles is 2. The fourth-order valence-electron chi connectivity index (χ4n) is 2.42. The molecular weight excluding hydrogens is 360 g/mol. The lowest BCUT2D eigenvalue weighted by molar-refractivity contribution is -0.124. The Bertz CT molecular complexity index is 915. The molecule has 8 heteroatoms. The third-order valence-electron chi connectivity index (χ3n) is 3.99. The monoisotopic (exact) mass is 380 g/mol. The molecule has 2 aromatic rings. The van der Waals surface area contributed by atoms with Crippen LogP contribution < -0.4 is 9.47 Å². The van der Waals surface area contributed by atoms with Gasteiger partial charge in [0.05, 0.1) is 30.5 Å². The zero-order valence-electron chi connectivity index (χ0n) is 15.9. The van der Waals surface area contributed by atoms with Crippen molar-refractivity contribution in [3.05, 3.63) is 46.9 Å². The first-order chi connectivity index (χ1) is 13.5. The first-order valence-corrected chi connectivity index (χ1v) is 8.43. The van der Waals surface area contributed by atoms with Crippen LogP contribution in [0.4, 0.5) is 0 Å². The molecule has 0 aliphatic heterocycles. The van der Waals surface area contributed by atoms with Crippen LogP contribution in [-0.2, 0) is 11.4 Å². The predicted octanol–water partition coefficient (Wildman–Crippen LogP) is 2.77. The number of aromatic nitrogens is 1. The molecule has 1 amide bonds. The Labute approximate surface area is 163 Å². The fraction of sp³-hybridized carbons (Fsp3) is 0.300. The minimum Gasteiger partial charge on any atom is -0.493 e. The third-order valence-corrected chi connectivity index (χ3v) is 3.99. The van der Waals surface area contributed by atoms with E-state index >= 15 is 0 Å². The highest BCUT2D eigenvalue weighted by Crippen LogP contribution is 2.30. The number of methoxy groups -OCH3 is 1. The second-order valence-electron chi connectivity index (χ2n) is 5.85. The van der Waals surface area contributed by atoms with Crippen LogP contribution in [0.5, 0.6) is 11.5 Å². The Morgan fingerprint density at radius 1 is 1.25 bits per heavy atom. The van der Waals surface area contributed by atoms with Gasteiger partial charge in [0.15, 0.2) is 11.5 Å². The molecule has 1 heterocycles. The number of hydrogen-bond acceptors (Lipinski definition) is 7. The van der Waals surface area contributed by atoms with Crippen LogP contribution in [0.2, 0.25) is 0 Å². The summed E-state index contributed by atoms with van der Waals surface area (Å²) in [6.45, 7) is 3.67. The number of hydrogen-bond donors (Lipinski definition) is 0. The van der Waals surface area contributed by atoms with Crippen molar-refractivity contribution in [3.8, 4) is 23.6 Å². The summed E-state index contributed by atoms with van der Waals surface area (Å²) in [6.07, 6.45) is 2.90. The number of benzene rings is 1. The Morgan fingerprint density at radius 2 is 1.96 bits per heavy atom.